The molecule has 0 fully saturated rings. The van der Waals surface area contributed by atoms with Crippen LogP contribution in [0, 0.1) is 11.3 Å². The molecule has 5 nitrogen and oxygen atoms in total. The maximum absolute atomic E-state index is 8.84. The van der Waals surface area contributed by atoms with Gasteiger partial charge in [0.25, 0.3) is 0 Å². The molecular weight excluding hydrogens is 320 g/mol. The Balaban J connectivity index is 1.78. The van der Waals surface area contributed by atoms with E-state index in [1.54, 1.807) is 18.9 Å². The van der Waals surface area contributed by atoms with Gasteiger partial charge in [0.05, 0.1) is 24.3 Å². The number of aromatic nitrogens is 3. The summed E-state index contributed by atoms with van der Waals surface area (Å²) in [5, 5.41) is 18.3. The number of hydrogen-bond acceptors (Lipinski definition) is 5. The Hall–Kier alpha value is -2.78. The van der Waals surface area contributed by atoms with Crippen LogP contribution in [0.2, 0.25) is 0 Å². The Kier molecular flexibility index (Phi) is 4.82. The number of para-hydroxylation sites is 1. The fourth-order valence-corrected chi connectivity index (χ4v) is 3.19. The van der Waals surface area contributed by atoms with E-state index in [0.29, 0.717) is 5.56 Å². The first kappa shape index (κ1) is 16.1. The maximum atomic E-state index is 8.84. The number of nitriles is 1. The van der Waals surface area contributed by atoms with E-state index >= 15 is 0 Å². The lowest BCUT2D eigenvalue weighted by atomic mass is 10.2. The number of ether oxygens (including phenoxy) is 1. The quantitative estimate of drug-likeness (QED) is 0.665. The van der Waals surface area contributed by atoms with Gasteiger partial charge in [-0.15, -0.1) is 10.2 Å². The second-order valence-corrected chi connectivity index (χ2v) is 6.11. The molecule has 0 aliphatic carbocycles. The summed E-state index contributed by atoms with van der Waals surface area (Å²) >= 11 is 1.61. The largest absolute Gasteiger partial charge is 0.496 e. The highest BCUT2D eigenvalue weighted by Crippen LogP contribution is 2.30. The Bertz CT molecular complexity index is 881. The second kappa shape index (κ2) is 7.20. The SMILES string of the molecule is COc1ccccc1-c1nnc(SCc2ccc(C#N)cc2)n1C. The number of hydrogen-bond donors (Lipinski definition) is 0. The fraction of sp³-hybridized carbons (Fsp3) is 0.167. The topological polar surface area (TPSA) is 63.7 Å². The molecule has 1 heterocycles. The van der Waals surface area contributed by atoms with Crippen molar-refractivity contribution in [2.24, 2.45) is 7.05 Å². The average Bonchev–Trinajstić information content (AvgIpc) is 3.00. The van der Waals surface area contributed by atoms with Crippen LogP contribution < -0.4 is 4.74 Å². The lowest BCUT2D eigenvalue weighted by Gasteiger charge is -2.08. The number of nitrogens with zero attached hydrogens (tertiary/aromatic N) is 4. The third-order valence-corrected chi connectivity index (χ3v) is 4.73. The monoisotopic (exact) mass is 336 g/mol. The van der Waals surface area contributed by atoms with Gasteiger partial charge in [0.15, 0.2) is 11.0 Å². The van der Waals surface area contributed by atoms with Crippen molar-refractivity contribution >= 4 is 11.8 Å². The highest BCUT2D eigenvalue weighted by molar-refractivity contribution is 7.98. The van der Waals surface area contributed by atoms with Crippen molar-refractivity contribution in [2.45, 2.75) is 10.9 Å². The summed E-state index contributed by atoms with van der Waals surface area (Å²) in [4.78, 5) is 0. The van der Waals surface area contributed by atoms with Crippen LogP contribution >= 0.6 is 11.8 Å². The van der Waals surface area contributed by atoms with E-state index < -0.39 is 0 Å². The Morgan fingerprint density at radius 1 is 1.12 bits per heavy atom. The van der Waals surface area contributed by atoms with E-state index in [4.69, 9.17) is 10.00 Å². The van der Waals surface area contributed by atoms with Gasteiger partial charge in [-0.25, -0.2) is 0 Å². The number of thioether (sulfide) groups is 1. The van der Waals surface area contributed by atoms with Crippen molar-refractivity contribution in [2.75, 3.05) is 7.11 Å². The van der Waals surface area contributed by atoms with Crippen LogP contribution in [0.4, 0.5) is 0 Å². The van der Waals surface area contributed by atoms with Gasteiger partial charge in [0.1, 0.15) is 5.75 Å². The van der Waals surface area contributed by atoms with Crippen LogP contribution in [0.5, 0.6) is 5.75 Å². The van der Waals surface area contributed by atoms with Gasteiger partial charge in [-0.1, -0.05) is 36.0 Å². The van der Waals surface area contributed by atoms with Gasteiger partial charge >= 0.3 is 0 Å². The molecule has 0 unspecified atom stereocenters. The molecule has 6 heteroatoms. The van der Waals surface area contributed by atoms with Crippen molar-refractivity contribution < 1.29 is 4.74 Å². The lowest BCUT2D eigenvalue weighted by Crippen LogP contribution is -1.97. The number of benzene rings is 2. The van der Waals surface area contributed by atoms with Crippen molar-refractivity contribution in [3.05, 3.63) is 59.7 Å². The standard InChI is InChI=1S/C18H16N4OS/c1-22-17(15-5-3-4-6-16(15)23-2)20-21-18(22)24-12-14-9-7-13(11-19)8-10-14/h3-10H,12H2,1-2H3. The van der Waals surface area contributed by atoms with E-state index in [-0.39, 0.29) is 0 Å². The summed E-state index contributed by atoms with van der Waals surface area (Å²) in [6.07, 6.45) is 0. The zero-order valence-corrected chi connectivity index (χ0v) is 14.2. The zero-order valence-electron chi connectivity index (χ0n) is 13.4. The normalized spacial score (nSPS) is 10.4. The first-order valence-corrected chi connectivity index (χ1v) is 8.36. The summed E-state index contributed by atoms with van der Waals surface area (Å²) < 4.78 is 7.37. The zero-order chi connectivity index (χ0) is 16.9. The minimum Gasteiger partial charge on any atom is -0.496 e. The third-order valence-electron chi connectivity index (χ3n) is 3.63. The van der Waals surface area contributed by atoms with Crippen LogP contribution in [-0.4, -0.2) is 21.9 Å². The van der Waals surface area contributed by atoms with Crippen LogP contribution in [0.15, 0.2) is 53.7 Å². The molecule has 3 aromatic rings. The molecule has 0 aliphatic rings. The Morgan fingerprint density at radius 3 is 2.58 bits per heavy atom. The van der Waals surface area contributed by atoms with E-state index in [2.05, 4.69) is 16.3 Å². The molecular formula is C18H16N4OS. The highest BCUT2D eigenvalue weighted by atomic mass is 32.2. The smallest absolute Gasteiger partial charge is 0.191 e. The summed E-state index contributed by atoms with van der Waals surface area (Å²) in [5.41, 5.74) is 2.72. The first-order valence-electron chi connectivity index (χ1n) is 7.37. The van der Waals surface area contributed by atoms with E-state index in [1.807, 2.05) is 60.1 Å². The Labute approximate surface area is 144 Å². The summed E-state index contributed by atoms with van der Waals surface area (Å²) in [5.74, 6) is 2.32. The van der Waals surface area contributed by atoms with Crippen molar-refractivity contribution in [3.63, 3.8) is 0 Å². The lowest BCUT2D eigenvalue weighted by molar-refractivity contribution is 0.416. The van der Waals surface area contributed by atoms with Gasteiger partial charge in [-0.3, -0.25) is 0 Å². The molecule has 120 valence electrons. The number of rotatable bonds is 5. The molecule has 0 bridgehead atoms. The molecule has 0 saturated heterocycles. The first-order chi connectivity index (χ1) is 11.7. The van der Waals surface area contributed by atoms with Crippen LogP contribution in [-0.2, 0) is 12.8 Å². The molecule has 0 aliphatic heterocycles. The van der Waals surface area contributed by atoms with Gasteiger partial charge < -0.3 is 9.30 Å². The fourth-order valence-electron chi connectivity index (χ4n) is 2.33. The van der Waals surface area contributed by atoms with Crippen molar-refractivity contribution in [1.82, 2.24) is 14.8 Å². The van der Waals surface area contributed by atoms with Crippen LogP contribution in [0.25, 0.3) is 11.4 Å². The van der Waals surface area contributed by atoms with Gasteiger partial charge in [0, 0.05) is 12.8 Å². The van der Waals surface area contributed by atoms with Crippen LogP contribution in [0.1, 0.15) is 11.1 Å². The van der Waals surface area contributed by atoms with Gasteiger partial charge in [-0.05, 0) is 29.8 Å². The molecule has 0 atom stereocenters. The van der Waals surface area contributed by atoms with E-state index in [1.165, 1.54) is 0 Å². The highest BCUT2D eigenvalue weighted by Gasteiger charge is 2.14. The van der Waals surface area contributed by atoms with Crippen molar-refractivity contribution in [1.29, 1.82) is 5.26 Å². The molecule has 24 heavy (non-hydrogen) atoms. The minimum absolute atomic E-state index is 0.667. The average molecular weight is 336 g/mol. The molecule has 0 spiro atoms. The number of methoxy groups -OCH3 is 1. The second-order valence-electron chi connectivity index (χ2n) is 5.16. The van der Waals surface area contributed by atoms with Crippen molar-refractivity contribution in [3.8, 4) is 23.2 Å². The maximum Gasteiger partial charge on any atom is 0.191 e. The molecule has 3 rings (SSSR count). The van der Waals surface area contributed by atoms with Gasteiger partial charge in [-0.2, -0.15) is 5.26 Å². The summed E-state index contributed by atoms with van der Waals surface area (Å²) in [6.45, 7) is 0. The predicted molar refractivity (Wildman–Crippen MR) is 93.7 cm³/mol. The summed E-state index contributed by atoms with van der Waals surface area (Å²) in [7, 11) is 3.60. The van der Waals surface area contributed by atoms with Gasteiger partial charge in [0.2, 0.25) is 0 Å². The molecule has 1 aromatic heterocycles. The minimum atomic E-state index is 0.667. The predicted octanol–water partition coefficient (Wildman–Crippen LogP) is 3.65. The molecule has 0 N–H and O–H groups in total. The molecule has 2 aromatic carbocycles. The molecule has 0 radical (unpaired) electrons. The summed E-state index contributed by atoms with van der Waals surface area (Å²) in [6, 6.07) is 17.5. The third kappa shape index (κ3) is 3.26. The molecule has 0 amide bonds. The Morgan fingerprint density at radius 2 is 1.88 bits per heavy atom. The van der Waals surface area contributed by atoms with Crippen LogP contribution in [0.3, 0.4) is 0 Å². The van der Waals surface area contributed by atoms with E-state index in [9.17, 15) is 0 Å². The van der Waals surface area contributed by atoms with E-state index in [0.717, 1.165) is 33.6 Å². The molecule has 0 saturated carbocycles.